The Morgan fingerprint density at radius 2 is 1.63 bits per heavy atom. The Kier molecular flexibility index (Phi) is 4.66. The Morgan fingerprint density at radius 1 is 1.00 bits per heavy atom. The van der Waals surface area contributed by atoms with Crippen molar-refractivity contribution in [3.63, 3.8) is 0 Å². The van der Waals surface area contributed by atoms with Gasteiger partial charge in [-0.15, -0.1) is 0 Å². The van der Waals surface area contributed by atoms with Crippen molar-refractivity contribution < 1.29 is 8.78 Å². The summed E-state index contributed by atoms with van der Waals surface area (Å²) in [5.41, 5.74) is 1.20. The van der Waals surface area contributed by atoms with Gasteiger partial charge in [-0.25, -0.2) is 8.78 Å². The molecule has 0 radical (unpaired) electrons. The Bertz CT molecular complexity index is 572. The molecule has 2 aromatic carbocycles. The van der Waals surface area contributed by atoms with Gasteiger partial charge in [0.2, 0.25) is 0 Å². The van der Waals surface area contributed by atoms with Crippen molar-refractivity contribution in [2.45, 2.75) is 13.0 Å². The molecule has 4 heteroatoms. The number of hydrogen-bond donors (Lipinski definition) is 1. The van der Waals surface area contributed by atoms with Crippen molar-refractivity contribution >= 4 is 15.9 Å². The van der Waals surface area contributed by atoms with Crippen LogP contribution in [0.2, 0.25) is 0 Å². The standard InChI is InChI=1S/C15H14BrF2N/c1-2-19-15(10-6-3-4-8-12(10)17)11-7-5-9-13(18)14(11)16/h3-9,15,19H,2H2,1H3. The molecule has 0 aromatic heterocycles. The van der Waals surface area contributed by atoms with Crippen LogP contribution in [0.5, 0.6) is 0 Å². The second-order valence-corrected chi connectivity index (χ2v) is 4.95. The van der Waals surface area contributed by atoms with Gasteiger partial charge in [0.25, 0.3) is 0 Å². The van der Waals surface area contributed by atoms with E-state index in [1.807, 2.05) is 6.92 Å². The zero-order valence-electron chi connectivity index (χ0n) is 10.5. The molecule has 0 aliphatic rings. The number of nitrogens with one attached hydrogen (secondary N) is 1. The summed E-state index contributed by atoms with van der Waals surface area (Å²) < 4.78 is 27.9. The lowest BCUT2D eigenvalue weighted by Crippen LogP contribution is -2.23. The van der Waals surface area contributed by atoms with Crippen LogP contribution in [0.3, 0.4) is 0 Å². The van der Waals surface area contributed by atoms with Crippen LogP contribution in [0.25, 0.3) is 0 Å². The predicted octanol–water partition coefficient (Wildman–Crippen LogP) is 4.43. The normalized spacial score (nSPS) is 12.4. The van der Waals surface area contributed by atoms with E-state index < -0.39 is 0 Å². The highest BCUT2D eigenvalue weighted by Gasteiger charge is 2.20. The lowest BCUT2D eigenvalue weighted by molar-refractivity contribution is 0.552. The molecule has 0 fully saturated rings. The van der Waals surface area contributed by atoms with Gasteiger partial charge < -0.3 is 5.32 Å². The maximum absolute atomic E-state index is 13.9. The molecule has 2 aromatic rings. The molecule has 0 saturated carbocycles. The highest BCUT2D eigenvalue weighted by molar-refractivity contribution is 9.10. The van der Waals surface area contributed by atoms with E-state index >= 15 is 0 Å². The van der Waals surface area contributed by atoms with Crippen molar-refractivity contribution in [3.05, 3.63) is 69.7 Å². The molecule has 2 rings (SSSR count). The van der Waals surface area contributed by atoms with Crippen molar-refractivity contribution in [3.8, 4) is 0 Å². The summed E-state index contributed by atoms with van der Waals surface area (Å²) in [5.74, 6) is -0.652. The van der Waals surface area contributed by atoms with Gasteiger partial charge in [0.1, 0.15) is 11.6 Å². The molecular formula is C15H14BrF2N. The molecule has 0 aliphatic heterocycles. The summed E-state index contributed by atoms with van der Waals surface area (Å²) in [6, 6.07) is 10.9. The van der Waals surface area contributed by atoms with E-state index in [1.54, 1.807) is 30.3 Å². The third-order valence-electron chi connectivity index (χ3n) is 2.92. The van der Waals surface area contributed by atoms with Crippen molar-refractivity contribution in [1.82, 2.24) is 5.32 Å². The largest absolute Gasteiger partial charge is 0.306 e. The van der Waals surface area contributed by atoms with Crippen molar-refractivity contribution in [1.29, 1.82) is 0 Å². The van der Waals surface area contributed by atoms with Gasteiger partial charge in [0.05, 0.1) is 10.5 Å². The zero-order valence-corrected chi connectivity index (χ0v) is 12.0. The summed E-state index contributed by atoms with van der Waals surface area (Å²) in [5, 5.41) is 3.19. The van der Waals surface area contributed by atoms with Gasteiger partial charge in [-0.3, -0.25) is 0 Å². The first-order chi connectivity index (χ1) is 9.15. The first-order valence-electron chi connectivity index (χ1n) is 6.06. The van der Waals surface area contributed by atoms with Crippen LogP contribution in [-0.2, 0) is 0 Å². The number of halogens is 3. The van der Waals surface area contributed by atoms with Gasteiger partial charge in [-0.1, -0.05) is 37.3 Å². The van der Waals surface area contributed by atoms with Crippen molar-refractivity contribution in [2.24, 2.45) is 0 Å². The van der Waals surface area contributed by atoms with E-state index in [2.05, 4.69) is 21.2 Å². The Morgan fingerprint density at radius 3 is 2.32 bits per heavy atom. The molecule has 1 atom stereocenters. The smallest absolute Gasteiger partial charge is 0.137 e. The summed E-state index contributed by atoms with van der Waals surface area (Å²) in [4.78, 5) is 0. The lowest BCUT2D eigenvalue weighted by atomic mass is 9.98. The first kappa shape index (κ1) is 14.2. The zero-order chi connectivity index (χ0) is 13.8. The van der Waals surface area contributed by atoms with E-state index in [0.29, 0.717) is 22.1 Å². The molecule has 0 aliphatic carbocycles. The van der Waals surface area contributed by atoms with E-state index in [0.717, 1.165) is 0 Å². The second-order valence-electron chi connectivity index (χ2n) is 4.16. The van der Waals surface area contributed by atoms with E-state index in [-0.39, 0.29) is 17.7 Å². The molecule has 0 bridgehead atoms. The summed E-state index contributed by atoms with van der Waals surface area (Å²) in [6.45, 7) is 2.59. The van der Waals surface area contributed by atoms with Gasteiger partial charge in [0, 0.05) is 5.56 Å². The molecule has 19 heavy (non-hydrogen) atoms. The van der Waals surface area contributed by atoms with Gasteiger partial charge >= 0.3 is 0 Å². The Hall–Kier alpha value is -1.26. The van der Waals surface area contributed by atoms with Crippen molar-refractivity contribution in [2.75, 3.05) is 6.54 Å². The van der Waals surface area contributed by atoms with Gasteiger partial charge in [-0.2, -0.15) is 0 Å². The van der Waals surface area contributed by atoms with Crippen LogP contribution >= 0.6 is 15.9 Å². The third kappa shape index (κ3) is 3.01. The van der Waals surface area contributed by atoms with Crippen LogP contribution in [0, 0.1) is 11.6 Å². The molecule has 1 unspecified atom stereocenters. The highest BCUT2D eigenvalue weighted by Crippen LogP contribution is 2.31. The van der Waals surface area contributed by atoms with Gasteiger partial charge in [-0.05, 0) is 40.2 Å². The van der Waals surface area contributed by atoms with Gasteiger partial charge in [0.15, 0.2) is 0 Å². The molecule has 100 valence electrons. The Labute approximate surface area is 119 Å². The SMILES string of the molecule is CCNC(c1ccccc1F)c1cccc(F)c1Br. The summed E-state index contributed by atoms with van der Waals surface area (Å²) in [6.07, 6.45) is 0. The minimum absolute atomic E-state index is 0.301. The fourth-order valence-corrected chi connectivity index (χ4v) is 2.54. The monoisotopic (exact) mass is 325 g/mol. The van der Waals surface area contributed by atoms with Crippen LogP contribution in [-0.4, -0.2) is 6.54 Å². The van der Waals surface area contributed by atoms with Crippen LogP contribution in [0.15, 0.2) is 46.9 Å². The molecule has 1 nitrogen and oxygen atoms in total. The number of rotatable bonds is 4. The Balaban J connectivity index is 2.52. The second kappa shape index (κ2) is 6.26. The topological polar surface area (TPSA) is 12.0 Å². The molecule has 1 N–H and O–H groups in total. The van der Waals surface area contributed by atoms with Crippen LogP contribution in [0.1, 0.15) is 24.1 Å². The molecule has 0 heterocycles. The molecular weight excluding hydrogens is 312 g/mol. The quantitative estimate of drug-likeness (QED) is 0.877. The van der Waals surface area contributed by atoms with E-state index in [1.165, 1.54) is 12.1 Å². The number of benzene rings is 2. The maximum atomic E-state index is 13.9. The fourth-order valence-electron chi connectivity index (χ4n) is 2.04. The average Bonchev–Trinajstić information content (AvgIpc) is 2.41. The summed E-state index contributed by atoms with van der Waals surface area (Å²) in [7, 11) is 0. The number of hydrogen-bond acceptors (Lipinski definition) is 1. The molecule has 0 amide bonds. The fraction of sp³-hybridized carbons (Fsp3) is 0.200. The maximum Gasteiger partial charge on any atom is 0.137 e. The first-order valence-corrected chi connectivity index (χ1v) is 6.86. The third-order valence-corrected chi connectivity index (χ3v) is 3.75. The van der Waals surface area contributed by atoms with E-state index in [4.69, 9.17) is 0 Å². The minimum Gasteiger partial charge on any atom is -0.306 e. The van der Waals surface area contributed by atoms with Crippen LogP contribution < -0.4 is 5.32 Å². The average molecular weight is 326 g/mol. The van der Waals surface area contributed by atoms with E-state index in [9.17, 15) is 8.78 Å². The molecule has 0 saturated heterocycles. The lowest BCUT2D eigenvalue weighted by Gasteiger charge is -2.21. The molecule has 0 spiro atoms. The van der Waals surface area contributed by atoms with Crippen LogP contribution in [0.4, 0.5) is 8.78 Å². The summed E-state index contributed by atoms with van der Waals surface area (Å²) >= 11 is 3.24. The predicted molar refractivity (Wildman–Crippen MR) is 76.0 cm³/mol. The minimum atomic E-state index is -0.378. The highest BCUT2D eigenvalue weighted by atomic mass is 79.9.